The predicted octanol–water partition coefficient (Wildman–Crippen LogP) is 2.25. The van der Waals surface area contributed by atoms with Crippen molar-refractivity contribution in [1.29, 1.82) is 0 Å². The van der Waals surface area contributed by atoms with Crippen LogP contribution in [0.1, 0.15) is 33.6 Å². The van der Waals surface area contributed by atoms with E-state index < -0.39 is 0 Å². The summed E-state index contributed by atoms with van der Waals surface area (Å²) < 4.78 is 10.6. The van der Waals surface area contributed by atoms with Crippen molar-refractivity contribution < 1.29 is 14.3 Å². The fourth-order valence-electron chi connectivity index (χ4n) is 2.76. The van der Waals surface area contributed by atoms with E-state index in [4.69, 9.17) is 9.47 Å². The Morgan fingerprint density at radius 2 is 1.87 bits per heavy atom. The molecule has 0 aromatic rings. The minimum Gasteiger partial charge on any atom is -0.356 e. The molecule has 15 heavy (non-hydrogen) atoms. The average Bonchev–Trinajstić information content (AvgIpc) is 2.19. The third-order valence-electron chi connectivity index (χ3n) is 3.75. The van der Waals surface area contributed by atoms with Gasteiger partial charge in [0.15, 0.2) is 6.29 Å². The first-order chi connectivity index (χ1) is 6.95. The molecule has 2 unspecified atom stereocenters. The fourth-order valence-corrected chi connectivity index (χ4v) is 2.76. The van der Waals surface area contributed by atoms with Crippen molar-refractivity contribution in [1.82, 2.24) is 0 Å². The van der Waals surface area contributed by atoms with Crippen LogP contribution in [0.15, 0.2) is 0 Å². The van der Waals surface area contributed by atoms with Crippen LogP contribution in [0.5, 0.6) is 0 Å². The molecule has 1 rings (SSSR count). The van der Waals surface area contributed by atoms with Gasteiger partial charge in [-0.1, -0.05) is 20.8 Å². The summed E-state index contributed by atoms with van der Waals surface area (Å²) in [6, 6.07) is 0. The molecule has 2 atom stereocenters. The van der Waals surface area contributed by atoms with Crippen LogP contribution in [0.2, 0.25) is 0 Å². The number of hydrogen-bond acceptors (Lipinski definition) is 3. The van der Waals surface area contributed by atoms with Crippen LogP contribution in [-0.2, 0) is 14.3 Å². The Balaban J connectivity index is 2.93. The number of Topliss-reactive ketones (excluding diaryl/α,β-unsaturated/α-hetero) is 1. The van der Waals surface area contributed by atoms with Gasteiger partial charge in [-0.15, -0.1) is 0 Å². The van der Waals surface area contributed by atoms with Crippen LogP contribution in [-0.4, -0.2) is 26.3 Å². The summed E-state index contributed by atoms with van der Waals surface area (Å²) in [5, 5.41) is 0. The lowest BCUT2D eigenvalue weighted by atomic mass is 9.63. The highest BCUT2D eigenvalue weighted by atomic mass is 16.7. The van der Waals surface area contributed by atoms with Gasteiger partial charge in [-0.3, -0.25) is 4.79 Å². The van der Waals surface area contributed by atoms with Gasteiger partial charge in [0.05, 0.1) is 0 Å². The van der Waals surface area contributed by atoms with E-state index in [2.05, 4.69) is 6.92 Å². The first kappa shape index (κ1) is 12.7. The van der Waals surface area contributed by atoms with E-state index in [0.29, 0.717) is 18.1 Å². The maximum absolute atomic E-state index is 11.9. The van der Waals surface area contributed by atoms with E-state index in [9.17, 15) is 4.79 Å². The zero-order valence-electron chi connectivity index (χ0n) is 10.4. The SMILES string of the molecule is COC(OC)C1C(C)CCC(=O)C1(C)C. The highest BCUT2D eigenvalue weighted by molar-refractivity contribution is 5.85. The number of carbonyl (C=O) groups is 1. The Hall–Kier alpha value is -0.410. The monoisotopic (exact) mass is 214 g/mol. The molecule has 0 radical (unpaired) electrons. The highest BCUT2D eigenvalue weighted by Gasteiger charge is 2.47. The molecule has 3 heteroatoms. The van der Waals surface area contributed by atoms with Crippen LogP contribution in [0, 0.1) is 17.3 Å². The van der Waals surface area contributed by atoms with Gasteiger partial charge in [0.2, 0.25) is 0 Å². The van der Waals surface area contributed by atoms with Gasteiger partial charge in [-0.25, -0.2) is 0 Å². The molecular weight excluding hydrogens is 192 g/mol. The summed E-state index contributed by atoms with van der Waals surface area (Å²) in [6.45, 7) is 6.17. The second-order valence-corrected chi connectivity index (χ2v) is 5.03. The van der Waals surface area contributed by atoms with Gasteiger partial charge in [0, 0.05) is 32.0 Å². The lowest BCUT2D eigenvalue weighted by Gasteiger charge is -2.44. The van der Waals surface area contributed by atoms with Crippen molar-refractivity contribution in [3.05, 3.63) is 0 Å². The summed E-state index contributed by atoms with van der Waals surface area (Å²) in [6.07, 6.45) is 1.35. The molecule has 0 N–H and O–H groups in total. The van der Waals surface area contributed by atoms with Gasteiger partial charge < -0.3 is 9.47 Å². The minimum absolute atomic E-state index is 0.147. The van der Waals surface area contributed by atoms with E-state index in [1.807, 2.05) is 13.8 Å². The first-order valence-electron chi connectivity index (χ1n) is 5.54. The van der Waals surface area contributed by atoms with Crippen LogP contribution < -0.4 is 0 Å². The molecular formula is C12H22O3. The number of hydrogen-bond donors (Lipinski definition) is 0. The molecule has 88 valence electrons. The minimum atomic E-state index is -0.339. The van der Waals surface area contributed by atoms with Crippen molar-refractivity contribution in [3.63, 3.8) is 0 Å². The molecule has 0 heterocycles. The molecule has 1 saturated carbocycles. The Morgan fingerprint density at radius 1 is 1.33 bits per heavy atom. The number of carbonyl (C=O) groups excluding carboxylic acids is 1. The fraction of sp³-hybridized carbons (Fsp3) is 0.917. The number of methoxy groups -OCH3 is 2. The lowest BCUT2D eigenvalue weighted by Crippen LogP contribution is -2.48. The first-order valence-corrected chi connectivity index (χ1v) is 5.54. The summed E-state index contributed by atoms with van der Waals surface area (Å²) in [5.74, 6) is 0.932. The molecule has 0 saturated heterocycles. The Kier molecular flexibility index (Phi) is 3.90. The zero-order valence-corrected chi connectivity index (χ0v) is 10.4. The van der Waals surface area contributed by atoms with E-state index in [1.54, 1.807) is 14.2 Å². The topological polar surface area (TPSA) is 35.5 Å². The smallest absolute Gasteiger partial charge is 0.160 e. The molecule has 1 aliphatic carbocycles. The average molecular weight is 214 g/mol. The zero-order chi connectivity index (χ0) is 11.6. The van der Waals surface area contributed by atoms with E-state index in [0.717, 1.165) is 6.42 Å². The van der Waals surface area contributed by atoms with Crippen LogP contribution in [0.4, 0.5) is 0 Å². The second kappa shape index (κ2) is 4.62. The van der Waals surface area contributed by atoms with Crippen molar-refractivity contribution in [3.8, 4) is 0 Å². The van der Waals surface area contributed by atoms with Gasteiger partial charge in [-0.05, 0) is 12.3 Å². The van der Waals surface area contributed by atoms with Gasteiger partial charge in [0.1, 0.15) is 5.78 Å². The van der Waals surface area contributed by atoms with Crippen LogP contribution in [0.25, 0.3) is 0 Å². The lowest BCUT2D eigenvalue weighted by molar-refractivity contribution is -0.187. The van der Waals surface area contributed by atoms with Gasteiger partial charge in [-0.2, -0.15) is 0 Å². The molecule has 3 nitrogen and oxygen atoms in total. The molecule has 1 fully saturated rings. The van der Waals surface area contributed by atoms with E-state index in [1.165, 1.54) is 0 Å². The maximum Gasteiger partial charge on any atom is 0.160 e. The molecule has 0 aromatic carbocycles. The van der Waals surface area contributed by atoms with Crippen LogP contribution >= 0.6 is 0 Å². The Labute approximate surface area is 92.1 Å². The highest BCUT2D eigenvalue weighted by Crippen LogP contribution is 2.44. The normalized spacial score (nSPS) is 30.9. The molecule has 0 spiro atoms. The summed E-state index contributed by atoms with van der Waals surface area (Å²) in [7, 11) is 3.27. The third-order valence-corrected chi connectivity index (χ3v) is 3.75. The molecule has 0 amide bonds. The summed E-state index contributed by atoms with van der Waals surface area (Å²) >= 11 is 0. The summed E-state index contributed by atoms with van der Waals surface area (Å²) in [5.41, 5.74) is -0.339. The van der Waals surface area contributed by atoms with Crippen LogP contribution in [0.3, 0.4) is 0 Å². The molecule has 1 aliphatic rings. The quantitative estimate of drug-likeness (QED) is 0.676. The number of ketones is 1. The third kappa shape index (κ3) is 2.23. The predicted molar refractivity (Wildman–Crippen MR) is 58.5 cm³/mol. The standard InChI is InChI=1S/C12H22O3/c1-8-6-7-9(13)12(2,3)10(8)11(14-4)15-5/h8,10-11H,6-7H2,1-5H3. The maximum atomic E-state index is 11.9. The molecule has 0 aliphatic heterocycles. The van der Waals surface area contributed by atoms with Crippen molar-refractivity contribution in [2.45, 2.75) is 39.9 Å². The molecule has 0 bridgehead atoms. The largest absolute Gasteiger partial charge is 0.356 e. The number of ether oxygens (including phenoxy) is 2. The van der Waals surface area contributed by atoms with E-state index in [-0.39, 0.29) is 17.6 Å². The van der Waals surface area contributed by atoms with Gasteiger partial charge in [0.25, 0.3) is 0 Å². The molecule has 0 aromatic heterocycles. The van der Waals surface area contributed by atoms with Crippen molar-refractivity contribution in [2.24, 2.45) is 17.3 Å². The number of rotatable bonds is 3. The summed E-state index contributed by atoms with van der Waals surface area (Å²) in [4.78, 5) is 11.9. The van der Waals surface area contributed by atoms with Crippen molar-refractivity contribution in [2.75, 3.05) is 14.2 Å². The van der Waals surface area contributed by atoms with E-state index >= 15 is 0 Å². The second-order valence-electron chi connectivity index (χ2n) is 5.03. The van der Waals surface area contributed by atoms with Crippen molar-refractivity contribution >= 4 is 5.78 Å². The Bertz CT molecular complexity index is 231. The Morgan fingerprint density at radius 3 is 2.33 bits per heavy atom. The van der Waals surface area contributed by atoms with Gasteiger partial charge >= 0.3 is 0 Å².